The highest BCUT2D eigenvalue weighted by atomic mass is 32.2. The largest absolute Gasteiger partial charge is 0.366 e. The molecule has 0 bridgehead atoms. The number of nitrogens with two attached hydrogens (primary N) is 1. The van der Waals surface area contributed by atoms with Gasteiger partial charge in [0.05, 0.1) is 4.90 Å². The van der Waals surface area contributed by atoms with Gasteiger partial charge in [-0.3, -0.25) is 9.59 Å². The zero-order chi connectivity index (χ0) is 22.8. The first-order chi connectivity index (χ1) is 14.6. The molecule has 2 amide bonds. The first-order valence-electron chi connectivity index (χ1n) is 10.4. The lowest BCUT2D eigenvalue weighted by atomic mass is 9.96. The topological polar surface area (TPSA) is 110 Å². The fraction of sp³-hybridized carbons (Fsp3) is 0.391. The second kappa shape index (κ2) is 9.20. The van der Waals surface area contributed by atoms with Crippen molar-refractivity contribution >= 4 is 27.5 Å². The molecular weight excluding hydrogens is 414 g/mol. The molecule has 166 valence electrons. The normalized spacial score (nSPS) is 15.7. The maximum absolute atomic E-state index is 13.0. The molecule has 1 aliphatic heterocycles. The molecule has 0 unspecified atom stereocenters. The first kappa shape index (κ1) is 23.0. The van der Waals surface area contributed by atoms with Gasteiger partial charge in [-0.25, -0.2) is 8.42 Å². The molecule has 0 saturated carbocycles. The van der Waals surface area contributed by atoms with Crippen LogP contribution in [0.15, 0.2) is 47.4 Å². The van der Waals surface area contributed by atoms with Crippen molar-refractivity contribution in [1.29, 1.82) is 0 Å². The standard InChI is InChI=1S/C23H29N3O4S/c1-15(2)17-7-9-19(10-8-17)31(29,30)26-13-11-18(12-14-26)23(28)25-21-6-4-5-20(16(21)3)22(24)27/h4-10,15,18H,11-14H2,1-3H3,(H2,24,27)(H,25,28). The minimum absolute atomic E-state index is 0.178. The number of amides is 2. The van der Waals surface area contributed by atoms with Gasteiger partial charge in [0, 0.05) is 30.3 Å². The molecule has 1 saturated heterocycles. The number of anilines is 1. The van der Waals surface area contributed by atoms with Crippen LogP contribution < -0.4 is 11.1 Å². The van der Waals surface area contributed by atoms with Crippen LogP contribution in [0.1, 0.15) is 54.1 Å². The van der Waals surface area contributed by atoms with Crippen LogP contribution in [0.25, 0.3) is 0 Å². The van der Waals surface area contributed by atoms with E-state index in [2.05, 4.69) is 19.2 Å². The fourth-order valence-electron chi connectivity index (χ4n) is 3.80. The van der Waals surface area contributed by atoms with Crippen molar-refractivity contribution in [3.63, 3.8) is 0 Å². The molecule has 1 heterocycles. The van der Waals surface area contributed by atoms with Gasteiger partial charge in [0.2, 0.25) is 21.8 Å². The Morgan fingerprint density at radius 2 is 1.68 bits per heavy atom. The summed E-state index contributed by atoms with van der Waals surface area (Å²) in [5, 5.41) is 2.86. The molecule has 0 spiro atoms. The number of carbonyl (C=O) groups excluding carboxylic acids is 2. The van der Waals surface area contributed by atoms with E-state index in [0.717, 1.165) is 5.56 Å². The van der Waals surface area contributed by atoms with E-state index in [-0.39, 0.29) is 29.8 Å². The van der Waals surface area contributed by atoms with Crippen molar-refractivity contribution in [2.45, 2.75) is 44.4 Å². The Morgan fingerprint density at radius 1 is 1.06 bits per heavy atom. The molecule has 0 atom stereocenters. The average Bonchev–Trinajstić information content (AvgIpc) is 2.75. The zero-order valence-corrected chi connectivity index (χ0v) is 18.9. The Hall–Kier alpha value is -2.71. The molecule has 3 rings (SSSR count). The number of hydrogen-bond acceptors (Lipinski definition) is 4. The summed E-state index contributed by atoms with van der Waals surface area (Å²) in [4.78, 5) is 24.5. The molecule has 1 aliphatic rings. The third kappa shape index (κ3) is 4.97. The number of rotatable bonds is 6. The molecular formula is C23H29N3O4S. The van der Waals surface area contributed by atoms with E-state index < -0.39 is 15.9 Å². The highest BCUT2D eigenvalue weighted by molar-refractivity contribution is 7.89. The predicted molar refractivity (Wildman–Crippen MR) is 120 cm³/mol. The summed E-state index contributed by atoms with van der Waals surface area (Å²) in [7, 11) is -3.58. The van der Waals surface area contributed by atoms with E-state index in [1.54, 1.807) is 37.3 Å². The van der Waals surface area contributed by atoms with E-state index in [0.29, 0.717) is 35.6 Å². The lowest BCUT2D eigenvalue weighted by molar-refractivity contribution is -0.120. The molecule has 1 fully saturated rings. The Labute approximate surface area is 183 Å². The molecule has 0 radical (unpaired) electrons. The zero-order valence-electron chi connectivity index (χ0n) is 18.1. The summed E-state index contributed by atoms with van der Waals surface area (Å²) in [5.41, 5.74) is 7.98. The first-order valence-corrected chi connectivity index (χ1v) is 11.9. The van der Waals surface area contributed by atoms with Crippen molar-refractivity contribution in [2.75, 3.05) is 18.4 Å². The van der Waals surface area contributed by atoms with Crippen LogP contribution in [-0.2, 0) is 14.8 Å². The van der Waals surface area contributed by atoms with E-state index in [9.17, 15) is 18.0 Å². The van der Waals surface area contributed by atoms with Gasteiger partial charge in [-0.1, -0.05) is 32.0 Å². The summed E-state index contributed by atoms with van der Waals surface area (Å²) in [6.07, 6.45) is 0.868. The molecule has 8 heteroatoms. The molecule has 0 aromatic heterocycles. The van der Waals surface area contributed by atoms with E-state index in [1.807, 2.05) is 12.1 Å². The van der Waals surface area contributed by atoms with Gasteiger partial charge in [-0.2, -0.15) is 4.31 Å². The Bertz CT molecular complexity index is 1070. The van der Waals surface area contributed by atoms with Gasteiger partial charge in [-0.05, 0) is 61.1 Å². The highest BCUT2D eigenvalue weighted by Gasteiger charge is 2.32. The number of hydrogen-bond donors (Lipinski definition) is 2. The number of sulfonamides is 1. The third-order valence-corrected chi connectivity index (χ3v) is 7.78. The summed E-state index contributed by atoms with van der Waals surface area (Å²) in [5.74, 6) is -0.693. The van der Waals surface area contributed by atoms with Gasteiger partial charge in [0.1, 0.15) is 0 Å². The van der Waals surface area contributed by atoms with Crippen LogP contribution in [0.2, 0.25) is 0 Å². The van der Waals surface area contributed by atoms with Gasteiger partial charge < -0.3 is 11.1 Å². The van der Waals surface area contributed by atoms with E-state index >= 15 is 0 Å². The number of nitrogens with one attached hydrogen (secondary N) is 1. The summed E-state index contributed by atoms with van der Waals surface area (Å²) < 4.78 is 27.4. The quantitative estimate of drug-likeness (QED) is 0.714. The van der Waals surface area contributed by atoms with Crippen LogP contribution in [0.5, 0.6) is 0 Å². The molecule has 0 aliphatic carbocycles. The summed E-state index contributed by atoms with van der Waals surface area (Å²) in [6.45, 7) is 6.42. The van der Waals surface area contributed by atoms with Crippen molar-refractivity contribution in [3.8, 4) is 0 Å². The maximum Gasteiger partial charge on any atom is 0.249 e. The maximum atomic E-state index is 13.0. The minimum Gasteiger partial charge on any atom is -0.366 e. The lowest BCUT2D eigenvalue weighted by Crippen LogP contribution is -2.41. The second-order valence-corrected chi connectivity index (χ2v) is 10.2. The van der Waals surface area contributed by atoms with Crippen LogP contribution in [0, 0.1) is 12.8 Å². The van der Waals surface area contributed by atoms with Crippen molar-refractivity contribution < 1.29 is 18.0 Å². The SMILES string of the molecule is Cc1c(NC(=O)C2CCN(S(=O)(=O)c3ccc(C(C)C)cc3)CC2)cccc1C(N)=O. The Kier molecular flexibility index (Phi) is 6.81. The van der Waals surface area contributed by atoms with Gasteiger partial charge in [-0.15, -0.1) is 0 Å². The van der Waals surface area contributed by atoms with E-state index in [4.69, 9.17) is 5.73 Å². The molecule has 31 heavy (non-hydrogen) atoms. The van der Waals surface area contributed by atoms with E-state index in [1.165, 1.54) is 4.31 Å². The van der Waals surface area contributed by atoms with Gasteiger partial charge >= 0.3 is 0 Å². The molecule has 3 N–H and O–H groups in total. The summed E-state index contributed by atoms with van der Waals surface area (Å²) >= 11 is 0. The monoisotopic (exact) mass is 443 g/mol. The highest BCUT2D eigenvalue weighted by Crippen LogP contribution is 2.27. The van der Waals surface area contributed by atoms with Gasteiger partial charge in [0.25, 0.3) is 0 Å². The van der Waals surface area contributed by atoms with Gasteiger partial charge in [0.15, 0.2) is 0 Å². The van der Waals surface area contributed by atoms with Crippen LogP contribution in [0.4, 0.5) is 5.69 Å². The number of primary amides is 1. The Balaban J connectivity index is 1.64. The number of benzene rings is 2. The van der Waals surface area contributed by atoms with Crippen molar-refractivity contribution in [3.05, 3.63) is 59.2 Å². The number of piperidine rings is 1. The molecule has 2 aromatic carbocycles. The number of nitrogens with zero attached hydrogens (tertiary/aromatic N) is 1. The number of carbonyl (C=O) groups is 2. The molecule has 7 nitrogen and oxygen atoms in total. The minimum atomic E-state index is -3.58. The van der Waals surface area contributed by atoms with Crippen molar-refractivity contribution in [1.82, 2.24) is 4.31 Å². The summed E-state index contributed by atoms with van der Waals surface area (Å²) in [6, 6.07) is 12.0. The molecule has 2 aromatic rings. The second-order valence-electron chi connectivity index (χ2n) is 8.23. The predicted octanol–water partition coefficient (Wildman–Crippen LogP) is 3.26. The van der Waals surface area contributed by atoms with Crippen LogP contribution in [0.3, 0.4) is 0 Å². The fourth-order valence-corrected chi connectivity index (χ4v) is 5.27. The lowest BCUT2D eigenvalue weighted by Gasteiger charge is -2.30. The Morgan fingerprint density at radius 3 is 2.23 bits per heavy atom. The average molecular weight is 444 g/mol. The smallest absolute Gasteiger partial charge is 0.249 e. The van der Waals surface area contributed by atoms with Crippen LogP contribution in [-0.4, -0.2) is 37.6 Å². The van der Waals surface area contributed by atoms with Crippen molar-refractivity contribution in [2.24, 2.45) is 11.7 Å². The third-order valence-electron chi connectivity index (χ3n) is 5.87. The van der Waals surface area contributed by atoms with Crippen LogP contribution >= 0.6 is 0 Å².